The molecule has 1 aliphatic rings. The number of carbonyl (C=O) groups excluding carboxylic acids is 1. The second kappa shape index (κ2) is 7.14. The molecule has 0 aromatic heterocycles. The number of hydrogen-bond donors (Lipinski definition) is 2. The van der Waals surface area contributed by atoms with E-state index in [9.17, 15) is 4.79 Å². The number of nitrogens with two attached hydrogens (primary N) is 1. The highest BCUT2D eigenvalue weighted by Crippen LogP contribution is 2.12. The van der Waals surface area contributed by atoms with Gasteiger partial charge in [-0.25, -0.2) is 0 Å². The lowest BCUT2D eigenvalue weighted by Crippen LogP contribution is -2.44. The van der Waals surface area contributed by atoms with Gasteiger partial charge in [-0.2, -0.15) is 11.8 Å². The zero-order chi connectivity index (χ0) is 12.0. The summed E-state index contributed by atoms with van der Waals surface area (Å²) in [7, 11) is 0. The number of hydrogen-bond acceptors (Lipinski definition) is 4. The molecule has 0 radical (unpaired) electrons. The van der Waals surface area contributed by atoms with Gasteiger partial charge in [-0.05, 0) is 24.9 Å². The van der Waals surface area contributed by atoms with Gasteiger partial charge in [0.1, 0.15) is 0 Å². The van der Waals surface area contributed by atoms with E-state index in [1.807, 2.05) is 18.7 Å². The first-order chi connectivity index (χ1) is 7.65. The number of nitrogens with one attached hydrogen (secondary N) is 1. The van der Waals surface area contributed by atoms with Gasteiger partial charge in [0.15, 0.2) is 0 Å². The van der Waals surface area contributed by atoms with Gasteiger partial charge < -0.3 is 15.8 Å². The smallest absolute Gasteiger partial charge is 0.227 e. The first-order valence-electron chi connectivity index (χ1n) is 5.86. The van der Waals surface area contributed by atoms with Crippen molar-refractivity contribution in [2.45, 2.75) is 32.4 Å². The molecule has 0 bridgehead atoms. The van der Waals surface area contributed by atoms with Crippen LogP contribution in [0.4, 0.5) is 0 Å². The van der Waals surface area contributed by atoms with Gasteiger partial charge in [0.25, 0.3) is 0 Å². The van der Waals surface area contributed by atoms with E-state index in [-0.39, 0.29) is 23.9 Å². The van der Waals surface area contributed by atoms with Gasteiger partial charge in [0, 0.05) is 12.1 Å². The molecule has 1 fully saturated rings. The van der Waals surface area contributed by atoms with Crippen LogP contribution in [0.1, 0.15) is 20.3 Å². The molecule has 1 rings (SSSR count). The predicted molar refractivity (Wildman–Crippen MR) is 67.5 cm³/mol. The standard InChI is InChI=1S/C11H22N2O2S/c1-3-16-5-4-8(2)13-11(14)9-6-15-7-10(9)12/h8-10H,3-7,12H2,1-2H3,(H,13,14). The molecule has 1 heterocycles. The van der Waals surface area contributed by atoms with Gasteiger partial charge in [0.2, 0.25) is 5.91 Å². The van der Waals surface area contributed by atoms with Gasteiger partial charge in [-0.3, -0.25) is 4.79 Å². The van der Waals surface area contributed by atoms with Crippen molar-refractivity contribution in [1.29, 1.82) is 0 Å². The molecule has 3 unspecified atom stereocenters. The topological polar surface area (TPSA) is 64.3 Å². The molecule has 0 aromatic rings. The monoisotopic (exact) mass is 246 g/mol. The lowest BCUT2D eigenvalue weighted by atomic mass is 10.0. The highest BCUT2D eigenvalue weighted by Gasteiger charge is 2.31. The fourth-order valence-corrected chi connectivity index (χ4v) is 2.48. The van der Waals surface area contributed by atoms with Crippen LogP contribution in [0.5, 0.6) is 0 Å². The summed E-state index contributed by atoms with van der Waals surface area (Å²) in [5.74, 6) is 2.09. The van der Waals surface area contributed by atoms with Crippen molar-refractivity contribution < 1.29 is 9.53 Å². The number of thioether (sulfide) groups is 1. The average molecular weight is 246 g/mol. The van der Waals surface area contributed by atoms with Crippen LogP contribution >= 0.6 is 11.8 Å². The molecule has 0 saturated carbocycles. The molecule has 5 heteroatoms. The maximum Gasteiger partial charge on any atom is 0.227 e. The van der Waals surface area contributed by atoms with Crippen LogP contribution in [-0.2, 0) is 9.53 Å². The molecule has 0 aliphatic carbocycles. The zero-order valence-electron chi connectivity index (χ0n) is 10.1. The summed E-state index contributed by atoms with van der Waals surface area (Å²) >= 11 is 1.90. The molecular weight excluding hydrogens is 224 g/mol. The molecule has 1 saturated heterocycles. The first kappa shape index (κ1) is 13.8. The minimum Gasteiger partial charge on any atom is -0.379 e. The third-order valence-corrected chi connectivity index (χ3v) is 3.68. The fraction of sp³-hybridized carbons (Fsp3) is 0.909. The Balaban J connectivity index is 2.22. The first-order valence-corrected chi connectivity index (χ1v) is 7.02. The average Bonchev–Trinajstić information content (AvgIpc) is 2.65. The SMILES string of the molecule is CCSCCC(C)NC(=O)C1COCC1N. The molecule has 1 aliphatic heterocycles. The molecule has 1 amide bonds. The van der Waals surface area contributed by atoms with E-state index < -0.39 is 0 Å². The van der Waals surface area contributed by atoms with E-state index in [4.69, 9.17) is 10.5 Å². The quantitative estimate of drug-likeness (QED) is 0.674. The second-order valence-electron chi connectivity index (χ2n) is 4.20. The van der Waals surface area contributed by atoms with E-state index >= 15 is 0 Å². The Hall–Kier alpha value is -0.260. The third kappa shape index (κ3) is 4.31. The maximum absolute atomic E-state index is 11.8. The summed E-state index contributed by atoms with van der Waals surface area (Å²) in [4.78, 5) is 11.8. The lowest BCUT2D eigenvalue weighted by Gasteiger charge is -2.18. The summed E-state index contributed by atoms with van der Waals surface area (Å²) in [6.45, 7) is 5.14. The number of carbonyl (C=O) groups is 1. The molecule has 94 valence electrons. The predicted octanol–water partition coefficient (Wildman–Crippen LogP) is 0.608. The van der Waals surface area contributed by atoms with Crippen LogP contribution in [0.2, 0.25) is 0 Å². The van der Waals surface area contributed by atoms with Crippen molar-refractivity contribution in [2.75, 3.05) is 24.7 Å². The normalized spacial score (nSPS) is 26.7. The van der Waals surface area contributed by atoms with E-state index in [2.05, 4.69) is 12.2 Å². The summed E-state index contributed by atoms with van der Waals surface area (Å²) in [6.07, 6.45) is 1.01. The number of amides is 1. The van der Waals surface area contributed by atoms with Gasteiger partial charge >= 0.3 is 0 Å². The molecule has 0 aromatic carbocycles. The number of rotatable bonds is 6. The Kier molecular flexibility index (Phi) is 6.16. The summed E-state index contributed by atoms with van der Waals surface area (Å²) in [5, 5.41) is 3.00. The van der Waals surface area contributed by atoms with Crippen LogP contribution in [-0.4, -0.2) is 42.7 Å². The maximum atomic E-state index is 11.8. The van der Waals surface area contributed by atoms with Gasteiger partial charge in [-0.1, -0.05) is 6.92 Å². The van der Waals surface area contributed by atoms with Crippen molar-refractivity contribution in [3.8, 4) is 0 Å². The van der Waals surface area contributed by atoms with E-state index in [0.717, 1.165) is 17.9 Å². The summed E-state index contributed by atoms with van der Waals surface area (Å²) in [5.41, 5.74) is 5.79. The zero-order valence-corrected chi connectivity index (χ0v) is 10.9. The van der Waals surface area contributed by atoms with Crippen LogP contribution in [0.3, 0.4) is 0 Å². The van der Waals surface area contributed by atoms with Crippen LogP contribution in [0.15, 0.2) is 0 Å². The summed E-state index contributed by atoms with van der Waals surface area (Å²) < 4.78 is 5.18. The highest BCUT2D eigenvalue weighted by atomic mass is 32.2. The van der Waals surface area contributed by atoms with Crippen molar-refractivity contribution >= 4 is 17.7 Å². The second-order valence-corrected chi connectivity index (χ2v) is 5.60. The Labute approximate surface area is 102 Å². The molecule has 4 nitrogen and oxygen atoms in total. The molecule has 3 N–H and O–H groups in total. The Morgan fingerprint density at radius 2 is 2.38 bits per heavy atom. The van der Waals surface area contributed by atoms with Crippen LogP contribution in [0, 0.1) is 5.92 Å². The lowest BCUT2D eigenvalue weighted by molar-refractivity contribution is -0.125. The Morgan fingerprint density at radius 3 is 2.94 bits per heavy atom. The molecule has 16 heavy (non-hydrogen) atoms. The number of ether oxygens (including phenoxy) is 1. The van der Waals surface area contributed by atoms with E-state index in [1.165, 1.54) is 0 Å². The highest BCUT2D eigenvalue weighted by molar-refractivity contribution is 7.99. The minimum atomic E-state index is -0.165. The summed E-state index contributed by atoms with van der Waals surface area (Å²) in [6, 6.07) is 0.0802. The van der Waals surface area contributed by atoms with Crippen molar-refractivity contribution in [1.82, 2.24) is 5.32 Å². The van der Waals surface area contributed by atoms with Crippen LogP contribution in [0.25, 0.3) is 0 Å². The van der Waals surface area contributed by atoms with Gasteiger partial charge in [-0.15, -0.1) is 0 Å². The minimum absolute atomic E-state index is 0.0407. The van der Waals surface area contributed by atoms with E-state index in [0.29, 0.717) is 13.2 Å². The molecular formula is C11H22N2O2S. The Morgan fingerprint density at radius 1 is 1.62 bits per heavy atom. The van der Waals surface area contributed by atoms with Crippen molar-refractivity contribution in [3.05, 3.63) is 0 Å². The molecule has 3 atom stereocenters. The van der Waals surface area contributed by atoms with E-state index in [1.54, 1.807) is 0 Å². The fourth-order valence-electron chi connectivity index (χ4n) is 1.67. The molecule has 0 spiro atoms. The van der Waals surface area contributed by atoms with Crippen molar-refractivity contribution in [2.24, 2.45) is 11.7 Å². The van der Waals surface area contributed by atoms with Crippen molar-refractivity contribution in [3.63, 3.8) is 0 Å². The van der Waals surface area contributed by atoms with Crippen LogP contribution < -0.4 is 11.1 Å². The Bertz CT molecular complexity index is 226. The third-order valence-electron chi connectivity index (χ3n) is 2.75. The van der Waals surface area contributed by atoms with Gasteiger partial charge in [0.05, 0.1) is 19.1 Å². The largest absolute Gasteiger partial charge is 0.379 e.